The van der Waals surface area contributed by atoms with E-state index in [2.05, 4.69) is 50.8 Å². The van der Waals surface area contributed by atoms with Crippen molar-refractivity contribution in [1.82, 2.24) is 40.8 Å². The van der Waals surface area contributed by atoms with Gasteiger partial charge in [-0.15, -0.1) is 0 Å². The molecule has 2 aromatic heterocycles. The van der Waals surface area contributed by atoms with Crippen LogP contribution in [0.3, 0.4) is 0 Å². The number of aromatic nitrogens is 4. The summed E-state index contributed by atoms with van der Waals surface area (Å²) < 4.78 is 6.48. The first-order valence-electron chi connectivity index (χ1n) is 17.2. The summed E-state index contributed by atoms with van der Waals surface area (Å²) in [5.41, 5.74) is 3.29. The van der Waals surface area contributed by atoms with E-state index in [9.17, 15) is 19.8 Å². The third-order valence-corrected chi connectivity index (χ3v) is 9.99. The second kappa shape index (κ2) is 14.9. The molecule has 1 saturated carbocycles. The fourth-order valence-electron chi connectivity index (χ4n) is 7.30. The Morgan fingerprint density at radius 3 is 2.36 bits per heavy atom. The Labute approximate surface area is 289 Å². The summed E-state index contributed by atoms with van der Waals surface area (Å²) in [6, 6.07) is 19.0. The van der Waals surface area contributed by atoms with E-state index in [1.807, 2.05) is 41.3 Å². The minimum absolute atomic E-state index is 0.0128. The summed E-state index contributed by atoms with van der Waals surface area (Å²) in [5, 5.41) is 37.6. The SMILES string of the molecule is COC(=O)N[C@H]1C[C@@H](n2cnc3c(NCC(c4ccccc4)c4ccccc4)nc(N4CC[C@@H](NC(=O)N[C@@H]5CCNC5)C4)nc32)[C@H](O)[C@@H]1O. The zero-order valence-electron chi connectivity index (χ0n) is 27.9. The summed E-state index contributed by atoms with van der Waals surface area (Å²) in [7, 11) is 1.25. The van der Waals surface area contributed by atoms with Gasteiger partial charge in [-0.1, -0.05) is 60.7 Å². The maximum Gasteiger partial charge on any atom is 0.407 e. The van der Waals surface area contributed by atoms with Gasteiger partial charge in [0.25, 0.3) is 0 Å². The number of aliphatic hydroxyl groups excluding tert-OH is 2. The fourth-order valence-corrected chi connectivity index (χ4v) is 7.30. The smallest absolute Gasteiger partial charge is 0.407 e. The molecule has 3 amide bonds. The van der Waals surface area contributed by atoms with E-state index in [0.717, 1.165) is 37.1 Å². The highest BCUT2D eigenvalue weighted by Gasteiger charge is 2.44. The van der Waals surface area contributed by atoms with Crippen LogP contribution in [-0.4, -0.2) is 112 Å². The topological polar surface area (TPSA) is 191 Å². The summed E-state index contributed by atoms with van der Waals surface area (Å²) in [4.78, 5) is 41.4. The van der Waals surface area contributed by atoms with Gasteiger partial charge in [-0.05, 0) is 36.9 Å². The van der Waals surface area contributed by atoms with Crippen LogP contribution in [0.25, 0.3) is 11.2 Å². The van der Waals surface area contributed by atoms with E-state index in [1.54, 1.807) is 10.9 Å². The molecule has 264 valence electrons. The largest absolute Gasteiger partial charge is 0.453 e. The molecule has 15 nitrogen and oxygen atoms in total. The molecule has 2 saturated heterocycles. The van der Waals surface area contributed by atoms with Gasteiger partial charge in [0.05, 0.1) is 25.5 Å². The van der Waals surface area contributed by atoms with Crippen LogP contribution < -0.4 is 31.5 Å². The number of alkyl carbamates (subject to hydrolysis) is 1. The number of benzene rings is 2. The first-order valence-corrected chi connectivity index (χ1v) is 17.2. The van der Waals surface area contributed by atoms with Gasteiger partial charge in [0.1, 0.15) is 12.2 Å². The van der Waals surface area contributed by atoms with Crippen molar-refractivity contribution in [2.45, 2.75) is 61.6 Å². The number of urea groups is 1. The average molecular weight is 685 g/mol. The standard InChI is InChI=1S/C35H44N10O5/c1-50-35(49)41-26-16-27(30(47)29(26)46)45-20-38-28-31(37-18-25(21-8-4-2-5-9-21)22-10-6-3-7-11-22)42-33(43-32(28)45)44-15-13-24(19-44)40-34(48)39-23-12-14-36-17-23/h2-11,20,23-27,29-30,36,46-47H,12-19H2,1H3,(H,41,49)(H,37,42,43)(H2,39,40,48)/t23-,24-,26+,27-,29-,30+/m1/s1. The molecular formula is C35H44N10O5. The van der Waals surface area contributed by atoms with Crippen molar-refractivity contribution >= 4 is 35.1 Å². The maximum absolute atomic E-state index is 12.7. The van der Waals surface area contributed by atoms with Crippen LogP contribution in [0.4, 0.5) is 21.4 Å². The fraction of sp³-hybridized carbons (Fsp3) is 0.457. The van der Waals surface area contributed by atoms with Crippen molar-refractivity contribution in [1.29, 1.82) is 0 Å². The lowest BCUT2D eigenvalue weighted by Gasteiger charge is -2.22. The van der Waals surface area contributed by atoms with E-state index < -0.39 is 30.4 Å². The minimum atomic E-state index is -1.22. The molecule has 2 aliphatic heterocycles. The number of methoxy groups -OCH3 is 1. The molecule has 3 aliphatic rings. The van der Waals surface area contributed by atoms with Gasteiger partial charge in [0, 0.05) is 44.2 Å². The number of aliphatic hydroxyl groups is 2. The van der Waals surface area contributed by atoms with Crippen molar-refractivity contribution in [3.8, 4) is 0 Å². The number of amides is 3. The molecule has 0 radical (unpaired) electrons. The van der Waals surface area contributed by atoms with Crippen LogP contribution in [-0.2, 0) is 4.74 Å². The lowest BCUT2D eigenvalue weighted by atomic mass is 9.91. The quantitative estimate of drug-likeness (QED) is 0.129. The lowest BCUT2D eigenvalue weighted by molar-refractivity contribution is 0.0142. The Morgan fingerprint density at radius 2 is 1.68 bits per heavy atom. The Kier molecular flexibility index (Phi) is 9.96. The van der Waals surface area contributed by atoms with Crippen LogP contribution in [0.15, 0.2) is 67.0 Å². The summed E-state index contributed by atoms with van der Waals surface area (Å²) in [6.45, 7) is 3.32. The van der Waals surface area contributed by atoms with Crippen LogP contribution in [0.2, 0.25) is 0 Å². The molecule has 4 aromatic rings. The number of ether oxygens (including phenoxy) is 1. The lowest BCUT2D eigenvalue weighted by Crippen LogP contribution is -2.47. The summed E-state index contributed by atoms with van der Waals surface area (Å²) in [6.07, 6.45) is 0.351. The molecule has 0 spiro atoms. The van der Waals surface area contributed by atoms with Crippen molar-refractivity contribution in [3.05, 3.63) is 78.1 Å². The molecule has 15 heteroatoms. The van der Waals surface area contributed by atoms with Crippen LogP contribution in [0.1, 0.15) is 42.3 Å². The predicted molar refractivity (Wildman–Crippen MR) is 187 cm³/mol. The number of carbonyl (C=O) groups is 2. The van der Waals surface area contributed by atoms with E-state index >= 15 is 0 Å². The predicted octanol–water partition coefficient (Wildman–Crippen LogP) is 1.70. The number of nitrogens with one attached hydrogen (secondary N) is 5. The van der Waals surface area contributed by atoms with Crippen LogP contribution >= 0.6 is 0 Å². The molecule has 7 N–H and O–H groups in total. The minimum Gasteiger partial charge on any atom is -0.453 e. The number of carbonyl (C=O) groups excluding carboxylic acids is 2. The molecule has 7 rings (SSSR count). The van der Waals surface area contributed by atoms with Crippen LogP contribution in [0.5, 0.6) is 0 Å². The average Bonchev–Trinajstić information content (AvgIpc) is 3.95. The number of nitrogens with zero attached hydrogens (tertiary/aromatic N) is 5. The molecule has 0 unspecified atom stereocenters. The first kappa shape index (κ1) is 33.5. The molecule has 50 heavy (non-hydrogen) atoms. The number of rotatable bonds is 10. The highest BCUT2D eigenvalue weighted by Crippen LogP contribution is 2.35. The van der Waals surface area contributed by atoms with Gasteiger partial charge in [0.15, 0.2) is 17.0 Å². The van der Waals surface area contributed by atoms with E-state index in [1.165, 1.54) is 7.11 Å². The van der Waals surface area contributed by atoms with Gasteiger partial charge in [-0.2, -0.15) is 9.97 Å². The molecule has 1 aliphatic carbocycles. The van der Waals surface area contributed by atoms with Gasteiger partial charge >= 0.3 is 12.1 Å². The first-order chi connectivity index (χ1) is 24.4. The number of hydrogen-bond acceptors (Lipinski definition) is 11. The van der Waals surface area contributed by atoms with Gasteiger partial charge in [-0.3, -0.25) is 0 Å². The number of imidazole rings is 1. The Balaban J connectivity index is 1.18. The third kappa shape index (κ3) is 7.15. The second-order valence-corrected chi connectivity index (χ2v) is 13.2. The Bertz CT molecular complexity index is 1730. The van der Waals surface area contributed by atoms with Crippen molar-refractivity contribution in [2.24, 2.45) is 0 Å². The number of anilines is 2. The highest BCUT2D eigenvalue weighted by molar-refractivity contribution is 5.85. The summed E-state index contributed by atoms with van der Waals surface area (Å²) in [5.74, 6) is 0.999. The van der Waals surface area contributed by atoms with Crippen molar-refractivity contribution in [3.63, 3.8) is 0 Å². The van der Waals surface area contributed by atoms with Gasteiger partial charge in [-0.25, -0.2) is 14.6 Å². The molecule has 4 heterocycles. The van der Waals surface area contributed by atoms with Gasteiger partial charge < -0.3 is 51.0 Å². The zero-order valence-corrected chi connectivity index (χ0v) is 27.9. The molecule has 3 fully saturated rings. The molecular weight excluding hydrogens is 640 g/mol. The second-order valence-electron chi connectivity index (χ2n) is 13.2. The molecule has 6 atom stereocenters. The third-order valence-electron chi connectivity index (χ3n) is 9.99. The number of hydrogen-bond donors (Lipinski definition) is 7. The Hall–Kier alpha value is -4.99. The van der Waals surface area contributed by atoms with Crippen molar-refractivity contribution < 1.29 is 24.5 Å². The van der Waals surface area contributed by atoms with E-state index in [-0.39, 0.29) is 30.5 Å². The highest BCUT2D eigenvalue weighted by atomic mass is 16.5. The maximum atomic E-state index is 12.7. The van der Waals surface area contributed by atoms with E-state index in [4.69, 9.17) is 19.7 Å². The van der Waals surface area contributed by atoms with Gasteiger partial charge in [0.2, 0.25) is 5.95 Å². The monoisotopic (exact) mass is 684 g/mol. The molecule has 2 aromatic carbocycles. The van der Waals surface area contributed by atoms with E-state index in [0.29, 0.717) is 42.6 Å². The van der Waals surface area contributed by atoms with Crippen molar-refractivity contribution in [2.75, 3.05) is 50.1 Å². The zero-order chi connectivity index (χ0) is 34.6. The normalized spacial score (nSPS) is 24.8. The molecule has 0 bridgehead atoms. The Morgan fingerprint density at radius 1 is 0.960 bits per heavy atom. The van der Waals surface area contributed by atoms with Crippen LogP contribution in [0, 0.1) is 0 Å². The summed E-state index contributed by atoms with van der Waals surface area (Å²) >= 11 is 0. The number of fused-ring (bicyclic) bond motifs is 1.